The molecule has 1 aliphatic heterocycles. The normalized spacial score (nSPS) is 15.5. The Bertz CT molecular complexity index is 780. The fraction of sp³-hybridized carbons (Fsp3) is 0.500. The maximum absolute atomic E-state index is 12.1. The summed E-state index contributed by atoms with van der Waals surface area (Å²) in [5.74, 6) is 0.671. The predicted molar refractivity (Wildman–Crippen MR) is 97.5 cm³/mol. The van der Waals surface area contributed by atoms with Crippen LogP contribution in [0, 0.1) is 0 Å². The van der Waals surface area contributed by atoms with Gasteiger partial charge in [0.05, 0.1) is 17.4 Å². The third kappa shape index (κ3) is 4.36. The average molecular weight is 343 g/mol. The highest BCUT2D eigenvalue weighted by Crippen LogP contribution is 2.09. The smallest absolute Gasteiger partial charge is 0.317 e. The minimum atomic E-state index is -0.102. The second-order valence-electron chi connectivity index (χ2n) is 6.38. The lowest BCUT2D eigenvalue weighted by Gasteiger charge is -2.34. The summed E-state index contributed by atoms with van der Waals surface area (Å²) in [7, 11) is 0. The summed E-state index contributed by atoms with van der Waals surface area (Å²) in [5.41, 5.74) is 0.615. The number of nitrogens with one attached hydrogen (secondary N) is 2. The monoisotopic (exact) mass is 343 g/mol. The van der Waals surface area contributed by atoms with Gasteiger partial charge in [-0.1, -0.05) is 25.5 Å². The molecule has 1 fully saturated rings. The number of urea groups is 1. The molecule has 7 nitrogen and oxygen atoms in total. The predicted octanol–water partition coefficient (Wildman–Crippen LogP) is 1.55. The van der Waals surface area contributed by atoms with Crippen molar-refractivity contribution in [2.24, 2.45) is 0 Å². The van der Waals surface area contributed by atoms with Crippen molar-refractivity contribution < 1.29 is 4.79 Å². The second kappa shape index (κ2) is 8.11. The molecule has 1 aromatic heterocycles. The first kappa shape index (κ1) is 17.4. The zero-order chi connectivity index (χ0) is 17.6. The molecule has 0 aliphatic carbocycles. The van der Waals surface area contributed by atoms with E-state index in [4.69, 9.17) is 0 Å². The van der Waals surface area contributed by atoms with E-state index in [1.165, 1.54) is 0 Å². The minimum absolute atomic E-state index is 0.0188. The van der Waals surface area contributed by atoms with Crippen LogP contribution in [0.4, 0.5) is 4.79 Å². The standard InChI is InChI=1S/C18H25N5O2/c1-2-3-8-19-18(25)23-11-9-22(10-12-23)13-16-20-15-7-5-4-6-14(15)17(24)21-16/h4-7H,2-3,8-13H2,1H3,(H,19,25)(H,20,21,24). The van der Waals surface area contributed by atoms with Crippen molar-refractivity contribution >= 4 is 16.9 Å². The summed E-state index contributed by atoms with van der Waals surface area (Å²) in [6.07, 6.45) is 2.08. The van der Waals surface area contributed by atoms with Crippen LogP contribution in [0.2, 0.25) is 0 Å². The summed E-state index contributed by atoms with van der Waals surface area (Å²) in [5, 5.41) is 3.56. The molecule has 2 aromatic rings. The van der Waals surface area contributed by atoms with Gasteiger partial charge in [0.15, 0.2) is 0 Å². The molecule has 1 aromatic carbocycles. The molecule has 7 heteroatoms. The Morgan fingerprint density at radius 1 is 1.24 bits per heavy atom. The van der Waals surface area contributed by atoms with Gasteiger partial charge >= 0.3 is 6.03 Å². The Hall–Kier alpha value is -2.41. The lowest BCUT2D eigenvalue weighted by Crippen LogP contribution is -2.51. The van der Waals surface area contributed by atoms with Crippen LogP contribution in [0.15, 0.2) is 29.1 Å². The van der Waals surface area contributed by atoms with Crippen molar-refractivity contribution in [1.82, 2.24) is 25.1 Å². The van der Waals surface area contributed by atoms with Crippen LogP contribution in [-0.4, -0.2) is 58.5 Å². The molecule has 25 heavy (non-hydrogen) atoms. The van der Waals surface area contributed by atoms with Gasteiger partial charge in [0.1, 0.15) is 5.82 Å². The number of piperazine rings is 1. The average Bonchev–Trinajstić information content (AvgIpc) is 2.62. The van der Waals surface area contributed by atoms with E-state index >= 15 is 0 Å². The van der Waals surface area contributed by atoms with Crippen LogP contribution in [-0.2, 0) is 6.54 Å². The number of amides is 2. The molecule has 134 valence electrons. The van der Waals surface area contributed by atoms with Crippen molar-refractivity contribution in [3.8, 4) is 0 Å². The van der Waals surface area contributed by atoms with E-state index in [9.17, 15) is 9.59 Å². The maximum Gasteiger partial charge on any atom is 0.317 e. The van der Waals surface area contributed by atoms with E-state index in [2.05, 4.69) is 27.1 Å². The molecule has 2 heterocycles. The van der Waals surface area contributed by atoms with Gasteiger partial charge in [0.2, 0.25) is 0 Å². The summed E-state index contributed by atoms with van der Waals surface area (Å²) in [6.45, 7) is 6.36. The Morgan fingerprint density at radius 2 is 2.00 bits per heavy atom. The highest BCUT2D eigenvalue weighted by molar-refractivity contribution is 5.77. The number of hydrogen-bond acceptors (Lipinski definition) is 4. The summed E-state index contributed by atoms with van der Waals surface area (Å²) >= 11 is 0. The third-order valence-electron chi connectivity index (χ3n) is 4.50. The van der Waals surface area contributed by atoms with Crippen molar-refractivity contribution in [2.75, 3.05) is 32.7 Å². The molecule has 2 amide bonds. The fourth-order valence-corrected chi connectivity index (χ4v) is 3.01. The third-order valence-corrected chi connectivity index (χ3v) is 4.50. The Kier molecular flexibility index (Phi) is 5.65. The lowest BCUT2D eigenvalue weighted by molar-refractivity contribution is 0.133. The number of benzene rings is 1. The van der Waals surface area contributed by atoms with Crippen molar-refractivity contribution in [3.05, 3.63) is 40.4 Å². The fourth-order valence-electron chi connectivity index (χ4n) is 3.01. The second-order valence-corrected chi connectivity index (χ2v) is 6.38. The highest BCUT2D eigenvalue weighted by Gasteiger charge is 2.21. The molecule has 0 saturated carbocycles. The van der Waals surface area contributed by atoms with Gasteiger partial charge in [0.25, 0.3) is 5.56 Å². The maximum atomic E-state index is 12.1. The van der Waals surface area contributed by atoms with Gasteiger partial charge in [-0.15, -0.1) is 0 Å². The number of carbonyl (C=O) groups is 1. The number of aromatic amines is 1. The molecule has 3 rings (SSSR count). The van der Waals surface area contributed by atoms with Gasteiger partial charge < -0.3 is 15.2 Å². The molecule has 0 unspecified atom stereocenters. The van der Waals surface area contributed by atoms with Gasteiger partial charge in [-0.25, -0.2) is 9.78 Å². The zero-order valence-corrected chi connectivity index (χ0v) is 14.6. The van der Waals surface area contributed by atoms with Crippen LogP contribution in [0.3, 0.4) is 0 Å². The number of hydrogen-bond donors (Lipinski definition) is 2. The molecule has 0 spiro atoms. The minimum Gasteiger partial charge on any atom is -0.338 e. The number of nitrogens with zero attached hydrogens (tertiary/aromatic N) is 3. The SMILES string of the molecule is CCCCNC(=O)N1CCN(Cc2nc3ccccc3c(=O)[nH]2)CC1. The van der Waals surface area contributed by atoms with Crippen LogP contribution >= 0.6 is 0 Å². The van der Waals surface area contributed by atoms with Crippen molar-refractivity contribution in [1.29, 1.82) is 0 Å². The number of carbonyl (C=O) groups excluding carboxylic acids is 1. The quantitative estimate of drug-likeness (QED) is 0.807. The van der Waals surface area contributed by atoms with E-state index < -0.39 is 0 Å². The van der Waals surface area contributed by atoms with Crippen LogP contribution in [0.1, 0.15) is 25.6 Å². The first-order chi connectivity index (χ1) is 12.2. The van der Waals surface area contributed by atoms with Crippen LogP contribution in [0.5, 0.6) is 0 Å². The van der Waals surface area contributed by atoms with Crippen LogP contribution in [0.25, 0.3) is 10.9 Å². The summed E-state index contributed by atoms with van der Waals surface area (Å²) < 4.78 is 0. The van der Waals surface area contributed by atoms with Gasteiger partial charge in [-0.05, 0) is 18.6 Å². The van der Waals surface area contributed by atoms with Gasteiger partial charge in [-0.3, -0.25) is 9.69 Å². The summed E-state index contributed by atoms with van der Waals surface area (Å²) in [4.78, 5) is 35.7. The Labute approximate surface area is 147 Å². The van der Waals surface area contributed by atoms with Crippen molar-refractivity contribution in [3.63, 3.8) is 0 Å². The van der Waals surface area contributed by atoms with Gasteiger partial charge in [0, 0.05) is 32.7 Å². The molecule has 1 saturated heterocycles. The zero-order valence-electron chi connectivity index (χ0n) is 14.6. The number of H-pyrrole nitrogens is 1. The molecule has 1 aliphatic rings. The molecule has 0 radical (unpaired) electrons. The molecular formula is C18H25N5O2. The number of rotatable bonds is 5. The largest absolute Gasteiger partial charge is 0.338 e. The summed E-state index contributed by atoms with van der Waals surface area (Å²) in [6, 6.07) is 7.37. The van der Waals surface area contributed by atoms with Crippen molar-refractivity contribution in [2.45, 2.75) is 26.3 Å². The van der Waals surface area contributed by atoms with E-state index in [0.717, 1.165) is 38.0 Å². The first-order valence-electron chi connectivity index (χ1n) is 8.90. The molecule has 0 bridgehead atoms. The Morgan fingerprint density at radius 3 is 2.76 bits per heavy atom. The highest BCUT2D eigenvalue weighted by atomic mass is 16.2. The van der Waals surface area contributed by atoms with E-state index in [0.29, 0.717) is 30.8 Å². The topological polar surface area (TPSA) is 81.3 Å². The van der Waals surface area contributed by atoms with E-state index in [-0.39, 0.29) is 11.6 Å². The molecule has 2 N–H and O–H groups in total. The number of fused-ring (bicyclic) bond motifs is 1. The first-order valence-corrected chi connectivity index (χ1v) is 8.90. The number of unbranched alkanes of at least 4 members (excludes halogenated alkanes) is 1. The van der Waals surface area contributed by atoms with E-state index in [1.54, 1.807) is 6.07 Å². The molecule has 0 atom stereocenters. The molecular weight excluding hydrogens is 318 g/mol. The van der Waals surface area contributed by atoms with Crippen LogP contribution < -0.4 is 10.9 Å². The lowest BCUT2D eigenvalue weighted by atomic mass is 10.2. The van der Waals surface area contributed by atoms with E-state index in [1.807, 2.05) is 23.1 Å². The number of aromatic nitrogens is 2. The van der Waals surface area contributed by atoms with Gasteiger partial charge in [-0.2, -0.15) is 0 Å². The Balaban J connectivity index is 1.56. The number of para-hydroxylation sites is 1.